The molecule has 0 aliphatic carbocycles. The van der Waals surface area contributed by atoms with E-state index < -0.39 is 0 Å². The number of carbonyl (C=O) groups is 2. The molecule has 0 spiro atoms. The van der Waals surface area contributed by atoms with Crippen LogP contribution in [0.3, 0.4) is 0 Å². The van der Waals surface area contributed by atoms with E-state index in [2.05, 4.69) is 75.2 Å². The summed E-state index contributed by atoms with van der Waals surface area (Å²) in [6, 6.07) is 18.6. The topological polar surface area (TPSA) is 43.9 Å². The summed E-state index contributed by atoms with van der Waals surface area (Å²) in [7, 11) is 2.15. The van der Waals surface area contributed by atoms with Gasteiger partial charge in [-0.05, 0) is 75.9 Å². The first-order chi connectivity index (χ1) is 17.5. The highest BCUT2D eigenvalue weighted by Crippen LogP contribution is 2.44. The smallest absolute Gasteiger partial charge is 0.261 e. The van der Waals surface area contributed by atoms with Crippen LogP contribution in [0.1, 0.15) is 27.1 Å². The molecule has 6 heteroatoms. The lowest BCUT2D eigenvalue weighted by Gasteiger charge is -2.33. The van der Waals surface area contributed by atoms with E-state index in [9.17, 15) is 9.59 Å². The minimum absolute atomic E-state index is 0.172. The van der Waals surface area contributed by atoms with E-state index in [1.165, 1.54) is 15.7 Å². The Labute approximate surface area is 217 Å². The van der Waals surface area contributed by atoms with E-state index in [0.29, 0.717) is 17.7 Å². The van der Waals surface area contributed by atoms with Crippen molar-refractivity contribution in [2.45, 2.75) is 6.42 Å². The maximum Gasteiger partial charge on any atom is 0.261 e. The normalized spacial score (nSPS) is 17.4. The number of hydrogen-bond acceptors (Lipinski definition) is 4. The van der Waals surface area contributed by atoms with Gasteiger partial charge in [0.15, 0.2) is 0 Å². The summed E-state index contributed by atoms with van der Waals surface area (Å²) in [5.41, 5.74) is 1.27. The Morgan fingerprint density at radius 2 is 1.25 bits per heavy atom. The lowest BCUT2D eigenvalue weighted by molar-refractivity contribution is 0.0599. The van der Waals surface area contributed by atoms with Gasteiger partial charge in [0, 0.05) is 53.7 Å². The van der Waals surface area contributed by atoms with Crippen molar-refractivity contribution in [1.29, 1.82) is 0 Å². The third-order valence-corrected chi connectivity index (χ3v) is 8.82. The molecular formula is C30H26BrN3O2. The summed E-state index contributed by atoms with van der Waals surface area (Å²) in [6.07, 6.45) is 0.792. The zero-order valence-corrected chi connectivity index (χ0v) is 21.8. The summed E-state index contributed by atoms with van der Waals surface area (Å²) >= 11 is 3.71. The predicted octanol–water partition coefficient (Wildman–Crippen LogP) is 5.73. The van der Waals surface area contributed by atoms with Crippen LogP contribution >= 0.6 is 15.9 Å². The average Bonchev–Trinajstić information content (AvgIpc) is 2.90. The number of piperazine rings is 1. The molecular weight excluding hydrogens is 514 g/mol. The van der Waals surface area contributed by atoms with Crippen LogP contribution < -0.4 is 0 Å². The van der Waals surface area contributed by atoms with Gasteiger partial charge in [-0.25, -0.2) is 0 Å². The van der Waals surface area contributed by atoms with Gasteiger partial charge in [0.05, 0.1) is 0 Å². The fourth-order valence-electron chi connectivity index (χ4n) is 6.23. The Hall–Kier alpha value is -3.06. The highest BCUT2D eigenvalue weighted by molar-refractivity contribution is 9.10. The summed E-state index contributed by atoms with van der Waals surface area (Å²) in [5.74, 6) is -0.344. The van der Waals surface area contributed by atoms with Gasteiger partial charge in [-0.2, -0.15) is 0 Å². The maximum absolute atomic E-state index is 13.6. The average molecular weight is 540 g/mol. The standard InChI is InChI=1S/C30H26BrN3O2/c1-32-14-16-33(17-15-32)12-3-13-34-29(35)23-8-6-20-18-4-2-5-22-25(31)11-10-19(26(18)22)21-7-9-24(30(34)36)28(23)27(20)21/h2,4-11H,3,12-17H2,1H3. The number of amides is 2. The van der Waals surface area contributed by atoms with E-state index in [1.807, 2.05) is 12.1 Å². The SMILES string of the molecule is CN1CCN(CCCN2C(=O)c3ccc4c5cccc6c(Br)ccc(c7ccc(c3c47)C2=O)c65)CC1. The highest BCUT2D eigenvalue weighted by Gasteiger charge is 2.34. The van der Waals surface area contributed by atoms with Crippen LogP contribution in [0.5, 0.6) is 0 Å². The van der Waals surface area contributed by atoms with Gasteiger partial charge in [-0.1, -0.05) is 52.3 Å². The van der Waals surface area contributed by atoms with Crippen molar-refractivity contribution in [2.75, 3.05) is 46.3 Å². The van der Waals surface area contributed by atoms with Crippen molar-refractivity contribution in [3.05, 3.63) is 70.2 Å². The predicted molar refractivity (Wildman–Crippen MR) is 149 cm³/mol. The van der Waals surface area contributed by atoms with E-state index in [0.717, 1.165) is 75.9 Å². The molecule has 1 saturated heterocycles. The summed E-state index contributed by atoms with van der Waals surface area (Å²) in [6.45, 7) is 5.56. The summed E-state index contributed by atoms with van der Waals surface area (Å²) in [4.78, 5) is 33.5. The summed E-state index contributed by atoms with van der Waals surface area (Å²) in [5, 5.41) is 8.68. The lowest BCUT2D eigenvalue weighted by Crippen LogP contribution is -2.46. The van der Waals surface area contributed by atoms with E-state index in [1.54, 1.807) is 0 Å². The molecule has 2 heterocycles. The number of likely N-dealkylation sites (N-methyl/N-ethyl adjacent to an activating group) is 1. The molecule has 2 aliphatic rings. The Balaban J connectivity index is 1.32. The minimum atomic E-state index is -0.172. The fraction of sp³-hybridized carbons (Fsp3) is 0.267. The zero-order chi connectivity index (χ0) is 24.6. The highest BCUT2D eigenvalue weighted by atomic mass is 79.9. The number of rotatable bonds is 4. The van der Waals surface area contributed by atoms with Crippen molar-refractivity contribution in [2.24, 2.45) is 0 Å². The second kappa shape index (κ2) is 8.23. The van der Waals surface area contributed by atoms with Crippen molar-refractivity contribution in [3.8, 4) is 0 Å². The molecule has 1 fully saturated rings. The van der Waals surface area contributed by atoms with Gasteiger partial charge in [0.2, 0.25) is 0 Å². The van der Waals surface area contributed by atoms with Gasteiger partial charge >= 0.3 is 0 Å². The molecule has 5 nitrogen and oxygen atoms in total. The number of imide groups is 1. The van der Waals surface area contributed by atoms with Gasteiger partial charge in [-0.15, -0.1) is 0 Å². The van der Waals surface area contributed by atoms with Gasteiger partial charge in [0.1, 0.15) is 0 Å². The molecule has 7 rings (SSSR count). The molecule has 2 aliphatic heterocycles. The number of carbonyl (C=O) groups excluding carboxylic acids is 2. The van der Waals surface area contributed by atoms with Crippen LogP contribution in [-0.2, 0) is 0 Å². The van der Waals surface area contributed by atoms with Crippen molar-refractivity contribution < 1.29 is 9.59 Å². The van der Waals surface area contributed by atoms with Crippen LogP contribution in [0.15, 0.2) is 59.1 Å². The Kier molecular flexibility index (Phi) is 5.07. The lowest BCUT2D eigenvalue weighted by atomic mass is 9.85. The Morgan fingerprint density at radius 1 is 0.667 bits per heavy atom. The largest absolute Gasteiger partial charge is 0.304 e. The molecule has 0 bridgehead atoms. The molecule has 36 heavy (non-hydrogen) atoms. The first kappa shape index (κ1) is 22.2. The fourth-order valence-corrected chi connectivity index (χ4v) is 6.69. The first-order valence-electron chi connectivity index (χ1n) is 12.6. The second-order valence-electron chi connectivity index (χ2n) is 10.2. The number of benzene rings is 5. The van der Waals surface area contributed by atoms with E-state index in [4.69, 9.17) is 0 Å². The molecule has 0 saturated carbocycles. The molecule has 0 atom stereocenters. The third kappa shape index (κ3) is 3.14. The van der Waals surface area contributed by atoms with Gasteiger partial charge < -0.3 is 9.80 Å². The number of hydrogen-bond donors (Lipinski definition) is 0. The van der Waals surface area contributed by atoms with E-state index >= 15 is 0 Å². The van der Waals surface area contributed by atoms with Gasteiger partial charge in [-0.3, -0.25) is 14.5 Å². The van der Waals surface area contributed by atoms with Crippen LogP contribution in [0.2, 0.25) is 0 Å². The monoisotopic (exact) mass is 539 g/mol. The third-order valence-electron chi connectivity index (χ3n) is 8.13. The van der Waals surface area contributed by atoms with Crippen LogP contribution in [0.25, 0.3) is 43.1 Å². The molecule has 0 unspecified atom stereocenters. The first-order valence-corrected chi connectivity index (χ1v) is 13.4. The molecule has 0 aromatic heterocycles. The van der Waals surface area contributed by atoms with Crippen LogP contribution in [-0.4, -0.2) is 72.8 Å². The Bertz CT molecular complexity index is 1630. The number of halogens is 1. The van der Waals surface area contributed by atoms with Crippen molar-refractivity contribution in [3.63, 3.8) is 0 Å². The quantitative estimate of drug-likeness (QED) is 0.166. The van der Waals surface area contributed by atoms with Crippen LogP contribution in [0, 0.1) is 0 Å². The maximum atomic E-state index is 13.6. The van der Waals surface area contributed by atoms with Crippen molar-refractivity contribution >= 4 is 70.8 Å². The number of fused-ring (bicyclic) bond motifs is 2. The molecule has 0 radical (unpaired) electrons. The molecule has 2 amide bonds. The van der Waals surface area contributed by atoms with Crippen LogP contribution in [0.4, 0.5) is 0 Å². The second-order valence-corrected chi connectivity index (χ2v) is 11.0. The van der Waals surface area contributed by atoms with Crippen molar-refractivity contribution in [1.82, 2.24) is 14.7 Å². The Morgan fingerprint density at radius 3 is 1.94 bits per heavy atom. The minimum Gasteiger partial charge on any atom is -0.304 e. The molecule has 0 N–H and O–H groups in total. The van der Waals surface area contributed by atoms with E-state index in [-0.39, 0.29) is 11.8 Å². The summed E-state index contributed by atoms with van der Waals surface area (Å²) < 4.78 is 1.06. The molecule has 180 valence electrons. The van der Waals surface area contributed by atoms with Gasteiger partial charge in [0.25, 0.3) is 11.8 Å². The zero-order valence-electron chi connectivity index (χ0n) is 20.2. The number of nitrogens with zero attached hydrogens (tertiary/aromatic N) is 3. The molecule has 5 aromatic carbocycles. The molecule has 5 aromatic rings.